The van der Waals surface area contributed by atoms with Gasteiger partial charge >= 0.3 is 0 Å². The van der Waals surface area contributed by atoms with Crippen LogP contribution in [0.2, 0.25) is 0 Å². The lowest BCUT2D eigenvalue weighted by Gasteiger charge is -2.44. The van der Waals surface area contributed by atoms with E-state index in [0.29, 0.717) is 18.7 Å². The first-order chi connectivity index (χ1) is 18.3. The van der Waals surface area contributed by atoms with E-state index in [-0.39, 0.29) is 41.8 Å². The summed E-state index contributed by atoms with van der Waals surface area (Å²) in [4.78, 5) is 19.7. The number of carbonyl (C=O) groups is 1. The van der Waals surface area contributed by atoms with Crippen LogP contribution in [0.4, 0.5) is 4.39 Å². The molecule has 0 amide bonds. The molecule has 6 rings (SSSR count). The van der Waals surface area contributed by atoms with Crippen molar-refractivity contribution in [2.45, 2.75) is 31.3 Å². The normalized spacial score (nSPS) is 19.5. The summed E-state index contributed by atoms with van der Waals surface area (Å²) in [5.74, 6) is -0.595. The molecule has 12 heteroatoms. The van der Waals surface area contributed by atoms with Gasteiger partial charge in [-0.3, -0.25) is 9.78 Å². The van der Waals surface area contributed by atoms with Gasteiger partial charge < -0.3 is 0 Å². The minimum absolute atomic E-state index is 0.0588. The zero-order chi connectivity index (χ0) is 26.5. The standard InChI is InChI=1S/C26H24FN7O3S/c1-2-33-29-16-24(31-33)38(36,37)32-12-10-19-13-23-18(15-30-34(23)21-8-6-20(27)7-9-21)14-26(19,17-32)25(35)22-5-3-4-11-28-22/h3-9,11,13,15-16H,2,10,12,14,17H2,1H3/t26-/m0/s1. The molecule has 1 fully saturated rings. The van der Waals surface area contributed by atoms with Crippen molar-refractivity contribution in [3.05, 3.63) is 89.4 Å². The number of aryl methyl sites for hydroxylation is 1. The SMILES string of the molecule is CCn1ncc(S(=O)(=O)N2CCC3=Cc4c(cnn4-c4ccc(F)cc4)C[C@]3(C(=O)c3ccccn3)C2)n1. The van der Waals surface area contributed by atoms with E-state index in [9.17, 15) is 17.6 Å². The molecular weight excluding hydrogens is 509 g/mol. The van der Waals surface area contributed by atoms with Crippen molar-refractivity contribution in [3.8, 4) is 5.69 Å². The second-order valence-corrected chi connectivity index (χ2v) is 11.3. The number of carbonyl (C=O) groups excluding carboxylic acids is 1. The Bertz CT molecular complexity index is 1660. The van der Waals surface area contributed by atoms with Crippen molar-refractivity contribution in [1.82, 2.24) is 34.1 Å². The number of piperidine rings is 1. The molecule has 0 spiro atoms. The van der Waals surface area contributed by atoms with Gasteiger partial charge in [0.25, 0.3) is 10.0 Å². The Hall–Kier alpha value is -4.03. The predicted molar refractivity (Wildman–Crippen MR) is 135 cm³/mol. The van der Waals surface area contributed by atoms with Crippen LogP contribution in [0.15, 0.2) is 71.7 Å². The summed E-state index contributed by atoms with van der Waals surface area (Å²) in [7, 11) is -3.99. The smallest absolute Gasteiger partial charge is 0.264 e. The summed E-state index contributed by atoms with van der Waals surface area (Å²) in [5.41, 5.74) is 2.19. The second-order valence-electron chi connectivity index (χ2n) is 9.38. The minimum Gasteiger partial charge on any atom is -0.291 e. The number of pyridine rings is 1. The van der Waals surface area contributed by atoms with E-state index in [1.54, 1.807) is 47.4 Å². The molecule has 0 bridgehead atoms. The number of rotatable bonds is 6. The highest BCUT2D eigenvalue weighted by molar-refractivity contribution is 7.89. The van der Waals surface area contributed by atoms with Crippen molar-refractivity contribution in [1.29, 1.82) is 0 Å². The fourth-order valence-electron chi connectivity index (χ4n) is 5.24. The third-order valence-electron chi connectivity index (χ3n) is 7.19. The lowest BCUT2D eigenvalue weighted by Crippen LogP contribution is -2.53. The molecule has 1 aromatic carbocycles. The molecule has 2 aliphatic rings. The Morgan fingerprint density at radius 3 is 2.63 bits per heavy atom. The summed E-state index contributed by atoms with van der Waals surface area (Å²) in [6.45, 7) is 2.38. The van der Waals surface area contributed by atoms with Crippen LogP contribution in [0.1, 0.15) is 35.1 Å². The van der Waals surface area contributed by atoms with Crippen LogP contribution < -0.4 is 0 Å². The summed E-state index contributed by atoms with van der Waals surface area (Å²) in [6, 6.07) is 11.1. The Balaban J connectivity index is 1.44. The number of halogens is 1. The highest BCUT2D eigenvalue weighted by atomic mass is 32.2. The van der Waals surface area contributed by atoms with Gasteiger partial charge in [-0.1, -0.05) is 11.6 Å². The molecule has 4 heterocycles. The number of hydrogen-bond acceptors (Lipinski definition) is 7. The first-order valence-electron chi connectivity index (χ1n) is 12.2. The fraction of sp³-hybridized carbons (Fsp3) is 0.269. The largest absolute Gasteiger partial charge is 0.291 e. The minimum atomic E-state index is -3.99. The molecule has 1 aliphatic carbocycles. The number of benzene rings is 1. The molecule has 1 aliphatic heterocycles. The van der Waals surface area contributed by atoms with E-state index < -0.39 is 15.4 Å². The maximum atomic E-state index is 14.1. The molecular formula is C26H24FN7O3S. The van der Waals surface area contributed by atoms with Crippen LogP contribution in [0, 0.1) is 11.2 Å². The van der Waals surface area contributed by atoms with Crippen LogP contribution in [0.5, 0.6) is 0 Å². The molecule has 0 radical (unpaired) electrons. The maximum absolute atomic E-state index is 14.1. The fourth-order valence-corrected chi connectivity index (χ4v) is 6.60. The zero-order valence-electron chi connectivity index (χ0n) is 20.5. The summed E-state index contributed by atoms with van der Waals surface area (Å²) in [6.07, 6.45) is 6.98. The van der Waals surface area contributed by atoms with Gasteiger partial charge in [-0.05, 0) is 67.8 Å². The van der Waals surface area contributed by atoms with Crippen molar-refractivity contribution in [3.63, 3.8) is 0 Å². The van der Waals surface area contributed by atoms with Gasteiger partial charge in [-0.25, -0.2) is 17.5 Å². The average molecular weight is 534 g/mol. The van der Waals surface area contributed by atoms with E-state index >= 15 is 0 Å². The third kappa shape index (κ3) is 3.87. The lowest BCUT2D eigenvalue weighted by molar-refractivity contribution is 0.0770. The Morgan fingerprint density at radius 2 is 1.92 bits per heavy atom. The molecule has 1 saturated heterocycles. The highest BCUT2D eigenvalue weighted by Crippen LogP contribution is 2.47. The van der Waals surface area contributed by atoms with Crippen LogP contribution in [0.25, 0.3) is 11.8 Å². The number of aromatic nitrogens is 6. The quantitative estimate of drug-likeness (QED) is 0.350. The first-order valence-corrected chi connectivity index (χ1v) is 13.7. The topological polar surface area (TPSA) is 116 Å². The van der Waals surface area contributed by atoms with Gasteiger partial charge in [0.05, 0.1) is 35.7 Å². The van der Waals surface area contributed by atoms with Crippen molar-refractivity contribution < 1.29 is 17.6 Å². The van der Waals surface area contributed by atoms with Gasteiger partial charge in [0.2, 0.25) is 5.03 Å². The van der Waals surface area contributed by atoms with E-state index in [4.69, 9.17) is 0 Å². The monoisotopic (exact) mass is 533 g/mol. The molecule has 10 nitrogen and oxygen atoms in total. The van der Waals surface area contributed by atoms with Crippen LogP contribution in [0.3, 0.4) is 0 Å². The molecule has 4 aromatic rings. The van der Waals surface area contributed by atoms with E-state index in [1.807, 2.05) is 13.0 Å². The number of ketones is 1. The number of sulfonamides is 1. The highest BCUT2D eigenvalue weighted by Gasteiger charge is 2.51. The van der Waals surface area contributed by atoms with E-state index in [0.717, 1.165) is 16.8 Å². The zero-order valence-corrected chi connectivity index (χ0v) is 21.3. The lowest BCUT2D eigenvalue weighted by atomic mass is 9.65. The van der Waals surface area contributed by atoms with Crippen molar-refractivity contribution >= 4 is 21.9 Å². The molecule has 38 heavy (non-hydrogen) atoms. The first kappa shape index (κ1) is 24.3. The van der Waals surface area contributed by atoms with Crippen molar-refractivity contribution in [2.24, 2.45) is 5.41 Å². The molecule has 0 saturated carbocycles. The molecule has 0 unspecified atom stereocenters. The molecule has 3 aromatic heterocycles. The summed E-state index contributed by atoms with van der Waals surface area (Å²) in [5, 5.41) is 12.5. The molecule has 0 N–H and O–H groups in total. The van der Waals surface area contributed by atoms with Gasteiger partial charge in [-0.15, -0.1) is 5.10 Å². The Morgan fingerprint density at radius 1 is 1.11 bits per heavy atom. The Labute approximate surface area is 218 Å². The number of Topliss-reactive ketones (excluding diaryl/α,β-unsaturated/α-hetero) is 1. The molecule has 194 valence electrons. The summed E-state index contributed by atoms with van der Waals surface area (Å²) >= 11 is 0. The van der Waals surface area contributed by atoms with Gasteiger partial charge in [0.15, 0.2) is 5.78 Å². The summed E-state index contributed by atoms with van der Waals surface area (Å²) < 4.78 is 43.7. The number of fused-ring (bicyclic) bond motifs is 2. The third-order valence-corrected chi connectivity index (χ3v) is 8.89. The second kappa shape index (κ2) is 9.07. The van der Waals surface area contributed by atoms with Gasteiger partial charge in [0.1, 0.15) is 11.5 Å². The van der Waals surface area contributed by atoms with Crippen LogP contribution in [-0.4, -0.2) is 61.4 Å². The number of hydrogen-bond donors (Lipinski definition) is 0. The maximum Gasteiger partial charge on any atom is 0.264 e. The predicted octanol–water partition coefficient (Wildman–Crippen LogP) is 2.92. The average Bonchev–Trinajstić information content (AvgIpc) is 3.59. The van der Waals surface area contributed by atoms with Crippen LogP contribution >= 0.6 is 0 Å². The van der Waals surface area contributed by atoms with E-state index in [2.05, 4.69) is 20.3 Å². The van der Waals surface area contributed by atoms with E-state index in [1.165, 1.54) is 27.4 Å². The van der Waals surface area contributed by atoms with Crippen LogP contribution in [-0.2, 0) is 23.0 Å². The number of nitrogens with zero attached hydrogens (tertiary/aromatic N) is 7. The van der Waals surface area contributed by atoms with Gasteiger partial charge in [0, 0.05) is 19.3 Å². The Kier molecular flexibility index (Phi) is 5.80. The molecule has 1 atom stereocenters. The van der Waals surface area contributed by atoms with Gasteiger partial charge in [-0.2, -0.15) is 19.3 Å². The van der Waals surface area contributed by atoms with Crippen molar-refractivity contribution in [2.75, 3.05) is 13.1 Å².